The monoisotopic (exact) mass is 436 g/mol. The second kappa shape index (κ2) is 11.0. The van der Waals surface area contributed by atoms with Gasteiger partial charge in [-0.15, -0.1) is 0 Å². The molecule has 2 aromatic carbocycles. The molecule has 0 aliphatic carbocycles. The number of carbonyl (C=O) groups is 2. The number of nitrogens with one attached hydrogen (secondary N) is 2. The third kappa shape index (κ3) is 6.88. The molecule has 166 valence electrons. The van der Waals surface area contributed by atoms with Crippen LogP contribution in [-0.2, 0) is 29.0 Å². The molecule has 7 nitrogen and oxygen atoms in total. The summed E-state index contributed by atoms with van der Waals surface area (Å²) in [5.74, 6) is -1.13. The van der Waals surface area contributed by atoms with Crippen LogP contribution in [-0.4, -0.2) is 34.1 Å². The van der Waals surface area contributed by atoms with Gasteiger partial charge in [-0.2, -0.15) is 0 Å². The van der Waals surface area contributed by atoms with E-state index in [4.69, 9.17) is 5.73 Å². The average Bonchev–Trinajstić information content (AvgIpc) is 2.80. The Hall–Kier alpha value is -3.78. The molecule has 0 aliphatic rings. The molecule has 0 fully saturated rings. The summed E-state index contributed by atoms with van der Waals surface area (Å²) < 4.78 is 13.2. The lowest BCUT2D eigenvalue weighted by Crippen LogP contribution is -2.51. The third-order valence-corrected chi connectivity index (χ3v) is 4.87. The van der Waals surface area contributed by atoms with Crippen molar-refractivity contribution >= 4 is 17.6 Å². The van der Waals surface area contributed by atoms with Gasteiger partial charge in [0.15, 0.2) is 0 Å². The number of carbonyl (C=O) groups excluding carboxylic acids is 2. The van der Waals surface area contributed by atoms with Crippen molar-refractivity contribution in [2.24, 2.45) is 0 Å². The number of aromatic nitrogens is 1. The number of nitrogens with zero attached hydrogens (tertiary/aromatic N) is 1. The molecule has 1 heterocycles. The highest BCUT2D eigenvalue weighted by molar-refractivity contribution is 5.89. The van der Waals surface area contributed by atoms with Gasteiger partial charge in [-0.1, -0.05) is 48.5 Å². The zero-order chi connectivity index (χ0) is 22.9. The highest BCUT2D eigenvalue weighted by Crippen LogP contribution is 2.09. The van der Waals surface area contributed by atoms with Gasteiger partial charge in [-0.25, -0.2) is 9.37 Å². The normalized spacial score (nSPS) is 12.6. The second-order valence-electron chi connectivity index (χ2n) is 7.41. The van der Waals surface area contributed by atoms with E-state index in [1.165, 1.54) is 12.1 Å². The van der Waals surface area contributed by atoms with Gasteiger partial charge in [0, 0.05) is 25.6 Å². The van der Waals surface area contributed by atoms with Crippen molar-refractivity contribution in [1.29, 1.82) is 0 Å². The molecule has 5 N–H and O–H groups in total. The van der Waals surface area contributed by atoms with Crippen molar-refractivity contribution in [3.8, 4) is 0 Å². The van der Waals surface area contributed by atoms with Crippen molar-refractivity contribution < 1.29 is 19.1 Å². The van der Waals surface area contributed by atoms with Gasteiger partial charge < -0.3 is 21.5 Å². The first-order valence-electron chi connectivity index (χ1n) is 10.2. The summed E-state index contributed by atoms with van der Waals surface area (Å²) in [4.78, 5) is 29.4. The number of amides is 2. The molecule has 1 unspecified atom stereocenters. The average molecular weight is 436 g/mol. The fraction of sp³-hybridized carbons (Fsp3) is 0.208. The SMILES string of the molecule is Nc1ccc(CNC(=O)[C@H](Cc2ccc(F)cc2)NC(=O)C(O)Cc2ccccc2)cn1. The summed E-state index contributed by atoms with van der Waals surface area (Å²) in [7, 11) is 0. The van der Waals surface area contributed by atoms with Crippen LogP contribution in [0.2, 0.25) is 0 Å². The van der Waals surface area contributed by atoms with E-state index in [1.54, 1.807) is 42.6 Å². The van der Waals surface area contributed by atoms with E-state index >= 15 is 0 Å². The standard InChI is InChI=1S/C24H25FN4O3/c25-19-9-6-17(7-10-19)12-20(23(31)28-15-18-8-11-22(26)27-14-18)29-24(32)21(30)13-16-4-2-1-3-5-16/h1-11,14,20-21,30H,12-13,15H2,(H2,26,27)(H,28,31)(H,29,32)/t20-,21?/m0/s1. The highest BCUT2D eigenvalue weighted by atomic mass is 19.1. The van der Waals surface area contributed by atoms with E-state index in [-0.39, 0.29) is 19.4 Å². The van der Waals surface area contributed by atoms with Crippen molar-refractivity contribution in [3.63, 3.8) is 0 Å². The molecule has 3 aromatic rings. The molecule has 0 bridgehead atoms. The van der Waals surface area contributed by atoms with Crippen LogP contribution in [0.5, 0.6) is 0 Å². The number of hydrogen-bond acceptors (Lipinski definition) is 5. The van der Waals surface area contributed by atoms with Gasteiger partial charge in [0.05, 0.1) is 0 Å². The number of pyridine rings is 1. The number of aliphatic hydroxyl groups excluding tert-OH is 1. The zero-order valence-electron chi connectivity index (χ0n) is 17.4. The molecule has 0 saturated carbocycles. The molecule has 3 rings (SSSR count). The van der Waals surface area contributed by atoms with Crippen LogP contribution in [0, 0.1) is 5.82 Å². The lowest BCUT2D eigenvalue weighted by molar-refractivity contribution is -0.134. The van der Waals surface area contributed by atoms with Gasteiger partial charge in [0.2, 0.25) is 11.8 Å². The molecule has 8 heteroatoms. The van der Waals surface area contributed by atoms with E-state index in [2.05, 4.69) is 15.6 Å². The van der Waals surface area contributed by atoms with Gasteiger partial charge in [0.25, 0.3) is 0 Å². The molecule has 0 spiro atoms. The number of anilines is 1. The lowest BCUT2D eigenvalue weighted by atomic mass is 10.0. The molecule has 0 radical (unpaired) electrons. The Bertz CT molecular complexity index is 1030. The Kier molecular flexibility index (Phi) is 7.88. The molecular weight excluding hydrogens is 411 g/mol. The Morgan fingerprint density at radius 2 is 1.56 bits per heavy atom. The Morgan fingerprint density at radius 3 is 2.22 bits per heavy atom. The molecular formula is C24H25FN4O3. The lowest BCUT2D eigenvalue weighted by Gasteiger charge is -2.21. The molecule has 0 saturated heterocycles. The quantitative estimate of drug-likeness (QED) is 0.408. The minimum Gasteiger partial charge on any atom is -0.384 e. The number of hydrogen-bond donors (Lipinski definition) is 4. The van der Waals surface area contributed by atoms with Crippen LogP contribution in [0.25, 0.3) is 0 Å². The largest absolute Gasteiger partial charge is 0.384 e. The maximum Gasteiger partial charge on any atom is 0.249 e. The molecule has 2 amide bonds. The van der Waals surface area contributed by atoms with Crippen molar-refractivity contribution in [1.82, 2.24) is 15.6 Å². The number of aliphatic hydroxyl groups is 1. The first-order chi connectivity index (χ1) is 15.4. The van der Waals surface area contributed by atoms with Crippen LogP contribution in [0.15, 0.2) is 72.9 Å². The van der Waals surface area contributed by atoms with Crippen molar-refractivity contribution in [2.45, 2.75) is 31.5 Å². The maximum atomic E-state index is 13.2. The van der Waals surface area contributed by atoms with Crippen molar-refractivity contribution in [3.05, 3.63) is 95.4 Å². The molecule has 2 atom stereocenters. The summed E-state index contributed by atoms with van der Waals surface area (Å²) in [6, 6.07) is 17.2. The Balaban J connectivity index is 1.67. The van der Waals surface area contributed by atoms with E-state index in [0.29, 0.717) is 11.4 Å². The third-order valence-electron chi connectivity index (χ3n) is 4.87. The fourth-order valence-electron chi connectivity index (χ4n) is 3.12. The number of nitrogens with two attached hydrogens (primary N) is 1. The van der Waals surface area contributed by atoms with E-state index in [0.717, 1.165) is 11.1 Å². The first-order valence-corrected chi connectivity index (χ1v) is 10.2. The zero-order valence-corrected chi connectivity index (χ0v) is 17.4. The van der Waals surface area contributed by atoms with Crippen LogP contribution < -0.4 is 16.4 Å². The van der Waals surface area contributed by atoms with Gasteiger partial charge >= 0.3 is 0 Å². The van der Waals surface area contributed by atoms with Crippen LogP contribution in [0.1, 0.15) is 16.7 Å². The van der Waals surface area contributed by atoms with Crippen LogP contribution >= 0.6 is 0 Å². The topological polar surface area (TPSA) is 117 Å². The second-order valence-corrected chi connectivity index (χ2v) is 7.41. The van der Waals surface area contributed by atoms with Crippen LogP contribution in [0.4, 0.5) is 10.2 Å². The number of benzene rings is 2. The highest BCUT2D eigenvalue weighted by Gasteiger charge is 2.25. The van der Waals surface area contributed by atoms with Gasteiger partial charge in [0.1, 0.15) is 23.8 Å². The minimum atomic E-state index is -1.32. The summed E-state index contributed by atoms with van der Waals surface area (Å²) in [6.45, 7) is 0.189. The van der Waals surface area contributed by atoms with E-state index in [1.807, 2.05) is 18.2 Å². The summed E-state index contributed by atoms with van der Waals surface area (Å²) >= 11 is 0. The molecule has 0 aliphatic heterocycles. The molecule has 1 aromatic heterocycles. The summed E-state index contributed by atoms with van der Waals surface area (Å²) in [5.41, 5.74) is 7.77. The summed E-state index contributed by atoms with van der Waals surface area (Å²) in [6.07, 6.45) is 0.486. The maximum absolute atomic E-state index is 13.2. The van der Waals surface area contributed by atoms with Gasteiger partial charge in [-0.05, 0) is 34.9 Å². The number of nitrogen functional groups attached to an aromatic ring is 1. The minimum absolute atomic E-state index is 0.120. The van der Waals surface area contributed by atoms with Crippen molar-refractivity contribution in [2.75, 3.05) is 5.73 Å². The predicted molar refractivity (Wildman–Crippen MR) is 119 cm³/mol. The van der Waals surface area contributed by atoms with Crippen LogP contribution in [0.3, 0.4) is 0 Å². The Labute approximate surface area is 185 Å². The Morgan fingerprint density at radius 1 is 0.906 bits per heavy atom. The summed E-state index contributed by atoms with van der Waals surface area (Å²) in [5, 5.41) is 15.7. The molecule has 32 heavy (non-hydrogen) atoms. The van der Waals surface area contributed by atoms with Gasteiger partial charge in [-0.3, -0.25) is 9.59 Å². The smallest absolute Gasteiger partial charge is 0.249 e. The van der Waals surface area contributed by atoms with E-state index < -0.39 is 29.8 Å². The van der Waals surface area contributed by atoms with E-state index in [9.17, 15) is 19.1 Å². The number of rotatable bonds is 9. The first kappa shape index (κ1) is 22.9. The number of halogens is 1. The fourth-order valence-corrected chi connectivity index (χ4v) is 3.12. The predicted octanol–water partition coefficient (Wildman–Crippen LogP) is 1.75.